The Hall–Kier alpha value is -3.06. The molecule has 0 radical (unpaired) electrons. The monoisotopic (exact) mass is 434 g/mol. The average Bonchev–Trinajstić information content (AvgIpc) is 3.17. The number of thioether (sulfide) groups is 1. The molecule has 7 heteroatoms. The molecule has 0 bridgehead atoms. The second-order valence-corrected chi connectivity index (χ2v) is 8.86. The smallest absolute Gasteiger partial charge is 0.251 e. The first kappa shape index (κ1) is 21.2. The molecule has 1 aliphatic carbocycles. The largest absolute Gasteiger partial charge is 0.351 e. The van der Waals surface area contributed by atoms with E-state index in [1.165, 1.54) is 23.7 Å². The van der Waals surface area contributed by atoms with Crippen LogP contribution in [0.4, 0.5) is 5.69 Å². The van der Waals surface area contributed by atoms with E-state index in [1.807, 2.05) is 23.9 Å². The molecule has 3 aromatic rings. The number of rotatable bonds is 8. The maximum Gasteiger partial charge on any atom is 0.251 e. The van der Waals surface area contributed by atoms with Crippen LogP contribution in [0, 0.1) is 0 Å². The molecule has 1 aliphatic rings. The summed E-state index contributed by atoms with van der Waals surface area (Å²) in [5.74, 6) is 0.0692. The van der Waals surface area contributed by atoms with Gasteiger partial charge < -0.3 is 15.2 Å². The van der Waals surface area contributed by atoms with Crippen LogP contribution in [0.2, 0.25) is 0 Å². The number of amides is 2. The lowest BCUT2D eigenvalue weighted by Gasteiger charge is -2.42. The summed E-state index contributed by atoms with van der Waals surface area (Å²) in [7, 11) is 1.89. The van der Waals surface area contributed by atoms with Crippen molar-refractivity contribution in [3.63, 3.8) is 0 Å². The molecule has 0 aliphatic heterocycles. The van der Waals surface area contributed by atoms with E-state index in [0.717, 1.165) is 18.0 Å². The third-order valence-electron chi connectivity index (χ3n) is 5.82. The number of nitrogens with one attached hydrogen (secondary N) is 2. The molecule has 6 nitrogen and oxygen atoms in total. The number of hydrogen-bond donors (Lipinski definition) is 2. The van der Waals surface area contributed by atoms with Crippen molar-refractivity contribution in [3.05, 3.63) is 78.1 Å². The fourth-order valence-electron chi connectivity index (χ4n) is 3.84. The fraction of sp³-hybridized carbons (Fsp3) is 0.292. The van der Waals surface area contributed by atoms with E-state index >= 15 is 0 Å². The van der Waals surface area contributed by atoms with E-state index in [-0.39, 0.29) is 23.0 Å². The minimum atomic E-state index is -0.111. The van der Waals surface area contributed by atoms with Gasteiger partial charge in [-0.25, -0.2) is 4.98 Å². The number of anilines is 1. The Morgan fingerprint density at radius 1 is 1.10 bits per heavy atom. The lowest BCUT2D eigenvalue weighted by Crippen LogP contribution is -2.45. The van der Waals surface area contributed by atoms with Crippen molar-refractivity contribution in [2.45, 2.75) is 29.8 Å². The van der Waals surface area contributed by atoms with Gasteiger partial charge in [0.05, 0.1) is 5.75 Å². The third-order valence-corrected chi connectivity index (χ3v) is 6.88. The van der Waals surface area contributed by atoms with Gasteiger partial charge in [0.1, 0.15) is 0 Å². The van der Waals surface area contributed by atoms with Crippen molar-refractivity contribution in [3.8, 4) is 0 Å². The van der Waals surface area contributed by atoms with Gasteiger partial charge >= 0.3 is 0 Å². The van der Waals surface area contributed by atoms with Gasteiger partial charge in [0.2, 0.25) is 5.91 Å². The maximum absolute atomic E-state index is 12.7. The van der Waals surface area contributed by atoms with Crippen molar-refractivity contribution < 1.29 is 9.59 Å². The molecular weight excluding hydrogens is 408 g/mol. The van der Waals surface area contributed by atoms with Gasteiger partial charge in [-0.3, -0.25) is 9.59 Å². The maximum atomic E-state index is 12.7. The van der Waals surface area contributed by atoms with Crippen molar-refractivity contribution >= 4 is 29.3 Å². The first-order valence-corrected chi connectivity index (χ1v) is 11.4. The summed E-state index contributed by atoms with van der Waals surface area (Å²) >= 11 is 1.38. The summed E-state index contributed by atoms with van der Waals surface area (Å²) in [5.41, 5.74) is 2.60. The molecule has 4 rings (SSSR count). The van der Waals surface area contributed by atoms with Crippen molar-refractivity contribution in [1.82, 2.24) is 14.9 Å². The van der Waals surface area contributed by atoms with Crippen LogP contribution in [0.25, 0.3) is 0 Å². The van der Waals surface area contributed by atoms with Gasteiger partial charge in [0, 0.05) is 42.7 Å². The van der Waals surface area contributed by atoms with Gasteiger partial charge in [0.15, 0.2) is 5.16 Å². The third kappa shape index (κ3) is 4.99. The number of carbonyl (C=O) groups is 2. The topological polar surface area (TPSA) is 76.0 Å². The van der Waals surface area contributed by atoms with Crippen LogP contribution in [-0.4, -0.2) is 33.7 Å². The minimum absolute atomic E-state index is 0.0513. The van der Waals surface area contributed by atoms with Crippen LogP contribution < -0.4 is 10.6 Å². The normalized spacial score (nSPS) is 14.5. The number of hydrogen-bond acceptors (Lipinski definition) is 4. The molecule has 31 heavy (non-hydrogen) atoms. The zero-order valence-corrected chi connectivity index (χ0v) is 18.3. The summed E-state index contributed by atoms with van der Waals surface area (Å²) in [6.07, 6.45) is 6.93. The summed E-state index contributed by atoms with van der Waals surface area (Å²) in [6.45, 7) is 0.638. The molecule has 2 N–H and O–H groups in total. The summed E-state index contributed by atoms with van der Waals surface area (Å²) in [5, 5.41) is 6.75. The molecule has 0 spiro atoms. The summed E-state index contributed by atoms with van der Waals surface area (Å²) in [6, 6.07) is 17.4. The van der Waals surface area contributed by atoms with E-state index in [1.54, 1.807) is 30.5 Å². The number of benzene rings is 2. The lowest BCUT2D eigenvalue weighted by molar-refractivity contribution is -0.113. The summed E-state index contributed by atoms with van der Waals surface area (Å²) in [4.78, 5) is 29.0. The van der Waals surface area contributed by atoms with Gasteiger partial charge in [0.25, 0.3) is 5.91 Å². The SMILES string of the molecule is Cn1ccnc1SCC(=O)Nc1ccc(C(=O)NCC2(c3ccccc3)CCC2)cc1. The highest BCUT2D eigenvalue weighted by molar-refractivity contribution is 7.99. The Balaban J connectivity index is 1.29. The zero-order chi connectivity index (χ0) is 21.7. The second-order valence-electron chi connectivity index (χ2n) is 7.92. The number of aryl methyl sites for hydroxylation is 1. The molecule has 1 aromatic heterocycles. The van der Waals surface area contributed by atoms with E-state index in [2.05, 4.69) is 39.9 Å². The Kier molecular flexibility index (Phi) is 6.42. The van der Waals surface area contributed by atoms with E-state index < -0.39 is 0 Å². The van der Waals surface area contributed by atoms with E-state index in [4.69, 9.17) is 0 Å². The van der Waals surface area contributed by atoms with E-state index in [9.17, 15) is 9.59 Å². The second kappa shape index (κ2) is 9.39. The highest BCUT2D eigenvalue weighted by Crippen LogP contribution is 2.43. The quantitative estimate of drug-likeness (QED) is 0.526. The van der Waals surface area contributed by atoms with Gasteiger partial charge in [-0.05, 0) is 42.7 Å². The molecule has 2 amide bonds. The molecule has 0 unspecified atom stereocenters. The average molecular weight is 435 g/mol. The highest BCUT2D eigenvalue weighted by atomic mass is 32.2. The molecule has 1 saturated carbocycles. The van der Waals surface area contributed by atoms with Gasteiger partial charge in [-0.2, -0.15) is 0 Å². The minimum Gasteiger partial charge on any atom is -0.351 e. The first-order chi connectivity index (χ1) is 15.1. The summed E-state index contributed by atoms with van der Waals surface area (Å²) < 4.78 is 1.87. The van der Waals surface area contributed by atoms with Crippen molar-refractivity contribution in [2.24, 2.45) is 7.05 Å². The molecule has 160 valence electrons. The predicted molar refractivity (Wildman–Crippen MR) is 123 cm³/mol. The van der Waals surface area contributed by atoms with Gasteiger partial charge in [-0.1, -0.05) is 48.5 Å². The Bertz CT molecular complexity index is 1040. The predicted octanol–water partition coefficient (Wildman–Crippen LogP) is 4.00. The molecular formula is C24H26N4O2S. The Morgan fingerprint density at radius 2 is 1.84 bits per heavy atom. The van der Waals surface area contributed by atoms with Crippen LogP contribution in [0.15, 0.2) is 72.1 Å². The van der Waals surface area contributed by atoms with Crippen LogP contribution in [-0.2, 0) is 17.3 Å². The Morgan fingerprint density at radius 3 is 2.45 bits per heavy atom. The number of carbonyl (C=O) groups excluding carboxylic acids is 2. The van der Waals surface area contributed by atoms with Crippen molar-refractivity contribution in [2.75, 3.05) is 17.6 Å². The van der Waals surface area contributed by atoms with Gasteiger partial charge in [-0.15, -0.1) is 0 Å². The standard InChI is InChI=1S/C24H26N4O2S/c1-28-15-14-25-23(28)31-16-21(29)27-20-10-8-18(9-11-20)22(30)26-17-24(12-5-13-24)19-6-3-2-4-7-19/h2-4,6-11,14-15H,5,12-13,16-17H2,1H3,(H,26,30)(H,27,29). The Labute approximate surface area is 186 Å². The molecule has 0 atom stereocenters. The number of nitrogens with zero attached hydrogens (tertiary/aromatic N) is 2. The fourth-order valence-corrected chi connectivity index (χ4v) is 4.57. The molecule has 1 fully saturated rings. The van der Waals surface area contributed by atoms with Crippen LogP contribution >= 0.6 is 11.8 Å². The zero-order valence-electron chi connectivity index (χ0n) is 17.5. The number of imidazole rings is 1. The van der Waals surface area contributed by atoms with Crippen LogP contribution in [0.3, 0.4) is 0 Å². The van der Waals surface area contributed by atoms with Crippen molar-refractivity contribution in [1.29, 1.82) is 0 Å². The van der Waals surface area contributed by atoms with Crippen LogP contribution in [0.1, 0.15) is 35.2 Å². The first-order valence-electron chi connectivity index (χ1n) is 10.4. The lowest BCUT2D eigenvalue weighted by atomic mass is 9.64. The highest BCUT2D eigenvalue weighted by Gasteiger charge is 2.38. The van der Waals surface area contributed by atoms with Crippen LogP contribution in [0.5, 0.6) is 0 Å². The molecule has 2 aromatic carbocycles. The molecule has 1 heterocycles. The number of aromatic nitrogens is 2. The van der Waals surface area contributed by atoms with E-state index in [0.29, 0.717) is 17.8 Å². The molecule has 0 saturated heterocycles.